The van der Waals surface area contributed by atoms with Crippen LogP contribution >= 0.6 is 0 Å². The standard InChI is InChI=1S/C21H20N2O4/c1-3-11-27-20-10-9-15(12-21(20)26-4-2)18(14-23(24)25)17-13-22-19-8-6-5-7-16(17)19/h1,5-10,12-13,18,22H,4,11,14H2,2H3/t18-/m1/s1. The molecule has 0 bridgehead atoms. The summed E-state index contributed by atoms with van der Waals surface area (Å²) in [7, 11) is 0. The van der Waals surface area contributed by atoms with E-state index in [2.05, 4.69) is 10.9 Å². The van der Waals surface area contributed by atoms with Crippen molar-refractivity contribution in [2.45, 2.75) is 12.8 Å². The number of nitro groups is 1. The van der Waals surface area contributed by atoms with Crippen molar-refractivity contribution >= 4 is 10.9 Å². The second-order valence-corrected chi connectivity index (χ2v) is 5.99. The number of H-pyrrole nitrogens is 1. The highest BCUT2D eigenvalue weighted by Gasteiger charge is 2.24. The highest BCUT2D eigenvalue weighted by atomic mass is 16.6. The van der Waals surface area contributed by atoms with Crippen LogP contribution in [0.4, 0.5) is 0 Å². The first-order chi connectivity index (χ1) is 13.1. The summed E-state index contributed by atoms with van der Waals surface area (Å²) in [4.78, 5) is 14.2. The molecule has 0 radical (unpaired) electrons. The number of hydrogen-bond donors (Lipinski definition) is 1. The SMILES string of the molecule is C#CCOc1ccc([C@@H](C[N+](=O)[O-])c2c[nH]c3ccccc23)cc1OCC. The van der Waals surface area contributed by atoms with Crippen molar-refractivity contribution in [3.05, 3.63) is 69.9 Å². The summed E-state index contributed by atoms with van der Waals surface area (Å²) in [5.41, 5.74) is 2.61. The number of rotatable bonds is 8. The Kier molecular flexibility index (Phi) is 5.62. The Morgan fingerprint density at radius 1 is 1.22 bits per heavy atom. The number of benzene rings is 2. The molecule has 0 aliphatic heterocycles. The van der Waals surface area contributed by atoms with Gasteiger partial charge in [0.2, 0.25) is 6.54 Å². The number of nitrogens with zero attached hydrogens (tertiary/aromatic N) is 1. The monoisotopic (exact) mass is 364 g/mol. The van der Waals surface area contributed by atoms with Crippen LogP contribution in [0.1, 0.15) is 24.0 Å². The molecule has 0 amide bonds. The molecule has 2 aromatic carbocycles. The lowest BCUT2D eigenvalue weighted by atomic mass is 9.90. The van der Waals surface area contributed by atoms with E-state index in [1.54, 1.807) is 12.1 Å². The van der Waals surface area contributed by atoms with E-state index in [1.807, 2.05) is 43.5 Å². The fraction of sp³-hybridized carbons (Fsp3) is 0.238. The molecular weight excluding hydrogens is 344 g/mol. The van der Waals surface area contributed by atoms with Crippen LogP contribution in [-0.2, 0) is 0 Å². The molecule has 0 aliphatic rings. The minimum absolute atomic E-state index is 0.125. The smallest absolute Gasteiger partial charge is 0.214 e. The Morgan fingerprint density at radius 2 is 2.04 bits per heavy atom. The predicted molar refractivity (Wildman–Crippen MR) is 104 cm³/mol. The molecule has 1 N–H and O–H groups in total. The van der Waals surface area contributed by atoms with Crippen molar-refractivity contribution in [1.29, 1.82) is 0 Å². The molecule has 6 heteroatoms. The molecule has 0 spiro atoms. The maximum absolute atomic E-state index is 11.4. The van der Waals surface area contributed by atoms with Gasteiger partial charge in [-0.2, -0.15) is 0 Å². The summed E-state index contributed by atoms with van der Waals surface area (Å²) in [6.07, 6.45) is 7.09. The lowest BCUT2D eigenvalue weighted by molar-refractivity contribution is -0.481. The molecule has 3 rings (SSSR count). The van der Waals surface area contributed by atoms with Gasteiger partial charge in [0.15, 0.2) is 11.5 Å². The molecular formula is C21H20N2O4. The Bertz CT molecular complexity index is 987. The van der Waals surface area contributed by atoms with E-state index in [4.69, 9.17) is 15.9 Å². The third-order valence-corrected chi connectivity index (χ3v) is 4.31. The van der Waals surface area contributed by atoms with Crippen LogP contribution in [0.5, 0.6) is 11.5 Å². The summed E-state index contributed by atoms with van der Waals surface area (Å²) in [6, 6.07) is 13.1. The number of aromatic amines is 1. The third-order valence-electron chi connectivity index (χ3n) is 4.31. The number of nitrogens with one attached hydrogen (secondary N) is 1. The zero-order chi connectivity index (χ0) is 19.2. The van der Waals surface area contributed by atoms with Crippen molar-refractivity contribution < 1.29 is 14.4 Å². The van der Waals surface area contributed by atoms with Gasteiger partial charge in [-0.05, 0) is 36.2 Å². The van der Waals surface area contributed by atoms with Gasteiger partial charge in [0.1, 0.15) is 6.61 Å². The molecule has 1 aromatic heterocycles. The minimum Gasteiger partial charge on any atom is -0.490 e. The average molecular weight is 364 g/mol. The van der Waals surface area contributed by atoms with Crippen molar-refractivity contribution in [3.8, 4) is 23.8 Å². The molecule has 0 unspecified atom stereocenters. The van der Waals surface area contributed by atoms with Crippen molar-refractivity contribution in [2.75, 3.05) is 19.8 Å². The topological polar surface area (TPSA) is 77.4 Å². The second kappa shape index (κ2) is 8.28. The highest BCUT2D eigenvalue weighted by Crippen LogP contribution is 2.36. The summed E-state index contributed by atoms with van der Waals surface area (Å²) < 4.78 is 11.2. The van der Waals surface area contributed by atoms with Crippen molar-refractivity contribution in [2.24, 2.45) is 0 Å². The average Bonchev–Trinajstić information content (AvgIpc) is 3.09. The molecule has 3 aromatic rings. The molecule has 0 saturated heterocycles. The van der Waals surface area contributed by atoms with Gasteiger partial charge in [-0.25, -0.2) is 0 Å². The Morgan fingerprint density at radius 3 is 2.78 bits per heavy atom. The van der Waals surface area contributed by atoms with E-state index >= 15 is 0 Å². The molecule has 0 aliphatic carbocycles. The van der Waals surface area contributed by atoms with Gasteiger partial charge in [0.25, 0.3) is 0 Å². The van der Waals surface area contributed by atoms with E-state index in [1.165, 1.54) is 0 Å². The van der Waals surface area contributed by atoms with Crippen LogP contribution in [0.2, 0.25) is 0 Å². The van der Waals surface area contributed by atoms with Gasteiger partial charge in [-0.15, -0.1) is 6.42 Å². The molecule has 1 heterocycles. The van der Waals surface area contributed by atoms with Crippen molar-refractivity contribution in [1.82, 2.24) is 4.98 Å². The molecule has 0 fully saturated rings. The van der Waals surface area contributed by atoms with Gasteiger partial charge >= 0.3 is 0 Å². The van der Waals surface area contributed by atoms with Crippen LogP contribution in [0.15, 0.2) is 48.7 Å². The van der Waals surface area contributed by atoms with E-state index in [0.717, 1.165) is 22.0 Å². The van der Waals surface area contributed by atoms with Crippen LogP contribution < -0.4 is 9.47 Å². The quantitative estimate of drug-likeness (QED) is 0.372. The van der Waals surface area contributed by atoms with Crippen LogP contribution in [0.3, 0.4) is 0 Å². The lowest BCUT2D eigenvalue weighted by Crippen LogP contribution is -2.14. The number of aromatic nitrogens is 1. The van der Waals surface area contributed by atoms with Crippen LogP contribution in [0, 0.1) is 22.5 Å². The first kappa shape index (κ1) is 18.3. The predicted octanol–water partition coefficient (Wildman–Crippen LogP) is 3.99. The normalized spacial score (nSPS) is 11.7. The van der Waals surface area contributed by atoms with Gasteiger partial charge < -0.3 is 14.5 Å². The number of terminal acetylenes is 1. The van der Waals surface area contributed by atoms with Gasteiger partial charge in [-0.3, -0.25) is 10.1 Å². The number of para-hydroxylation sites is 1. The highest BCUT2D eigenvalue weighted by molar-refractivity contribution is 5.84. The Hall–Kier alpha value is -3.46. The second-order valence-electron chi connectivity index (χ2n) is 5.99. The van der Waals surface area contributed by atoms with Gasteiger partial charge in [0.05, 0.1) is 12.5 Å². The number of ether oxygens (including phenoxy) is 2. The van der Waals surface area contributed by atoms with Crippen LogP contribution in [-0.4, -0.2) is 29.7 Å². The van der Waals surface area contributed by atoms with Crippen LogP contribution in [0.25, 0.3) is 10.9 Å². The zero-order valence-electron chi connectivity index (χ0n) is 15.0. The molecule has 0 saturated carbocycles. The number of hydrogen-bond acceptors (Lipinski definition) is 4. The van der Waals surface area contributed by atoms with E-state index < -0.39 is 5.92 Å². The first-order valence-corrected chi connectivity index (χ1v) is 8.64. The molecule has 1 atom stereocenters. The summed E-state index contributed by atoms with van der Waals surface area (Å²) in [5.74, 6) is 3.05. The van der Waals surface area contributed by atoms with E-state index in [9.17, 15) is 10.1 Å². The fourth-order valence-electron chi connectivity index (χ4n) is 3.16. The largest absolute Gasteiger partial charge is 0.490 e. The van der Waals surface area contributed by atoms with E-state index in [0.29, 0.717) is 18.1 Å². The van der Waals surface area contributed by atoms with Gasteiger partial charge in [-0.1, -0.05) is 30.2 Å². The van der Waals surface area contributed by atoms with Gasteiger partial charge in [0, 0.05) is 22.0 Å². The Balaban J connectivity index is 2.06. The maximum atomic E-state index is 11.4. The third kappa shape index (κ3) is 4.04. The molecule has 138 valence electrons. The molecule has 6 nitrogen and oxygen atoms in total. The Labute approximate surface area is 157 Å². The summed E-state index contributed by atoms with van der Waals surface area (Å²) >= 11 is 0. The summed E-state index contributed by atoms with van der Waals surface area (Å²) in [6.45, 7) is 2.22. The first-order valence-electron chi connectivity index (χ1n) is 8.64. The minimum atomic E-state index is -0.419. The fourth-order valence-corrected chi connectivity index (χ4v) is 3.16. The van der Waals surface area contributed by atoms with E-state index in [-0.39, 0.29) is 18.1 Å². The summed E-state index contributed by atoms with van der Waals surface area (Å²) in [5, 5.41) is 12.3. The number of fused-ring (bicyclic) bond motifs is 1. The lowest BCUT2D eigenvalue weighted by Gasteiger charge is -2.17. The van der Waals surface area contributed by atoms with Crippen molar-refractivity contribution in [3.63, 3.8) is 0 Å². The zero-order valence-corrected chi connectivity index (χ0v) is 15.0. The maximum Gasteiger partial charge on any atom is 0.214 e. The molecule has 27 heavy (non-hydrogen) atoms.